The first kappa shape index (κ1) is 21.8. The van der Waals surface area contributed by atoms with Crippen LogP contribution in [0.5, 0.6) is 11.6 Å². The molecule has 0 radical (unpaired) electrons. The second-order valence-corrected chi connectivity index (χ2v) is 8.18. The Hall–Kier alpha value is -4.05. The molecule has 0 aliphatic heterocycles. The van der Waals surface area contributed by atoms with Gasteiger partial charge in [-0.25, -0.2) is 18.3 Å². The van der Waals surface area contributed by atoms with E-state index in [0.29, 0.717) is 18.5 Å². The Labute approximate surface area is 196 Å². The Morgan fingerprint density at radius 3 is 2.35 bits per heavy atom. The summed E-state index contributed by atoms with van der Waals surface area (Å²) in [5.41, 5.74) is -0.245. The molecular weight excluding hydrogens is 468 g/mol. The summed E-state index contributed by atoms with van der Waals surface area (Å²) in [6.45, 7) is 0. The molecule has 5 rings (SSSR count). The molecule has 1 aliphatic rings. The molecule has 4 aromatic rings. The lowest BCUT2D eigenvalue weighted by molar-refractivity contribution is -0.131. The van der Waals surface area contributed by atoms with Gasteiger partial charge in [0.2, 0.25) is 17.7 Å². The number of carbonyl (C=O) groups excluding carboxylic acids is 2. The first-order valence-electron chi connectivity index (χ1n) is 10.2. The van der Waals surface area contributed by atoms with Gasteiger partial charge in [0.05, 0.1) is 5.02 Å². The minimum Gasteiger partial charge on any atom is -0.434 e. The third-order valence-corrected chi connectivity index (χ3v) is 5.72. The number of amides is 2. The van der Waals surface area contributed by atoms with E-state index in [9.17, 15) is 18.4 Å². The van der Waals surface area contributed by atoms with Crippen molar-refractivity contribution in [2.75, 3.05) is 10.6 Å². The van der Waals surface area contributed by atoms with E-state index in [-0.39, 0.29) is 28.0 Å². The number of rotatable bonds is 6. The first-order chi connectivity index (χ1) is 16.3. The molecule has 34 heavy (non-hydrogen) atoms. The monoisotopic (exact) mass is 483 g/mol. The number of hydrogen-bond donors (Lipinski definition) is 2. The maximum atomic E-state index is 14.6. The van der Waals surface area contributed by atoms with Crippen LogP contribution in [0.25, 0.3) is 5.65 Å². The topological polar surface area (TPSA) is 97.6 Å². The molecular formula is C23H16ClF2N5O3. The molecule has 2 aromatic carbocycles. The lowest BCUT2D eigenvalue weighted by atomic mass is 10.0. The molecule has 8 nitrogen and oxygen atoms in total. The molecule has 172 valence electrons. The lowest BCUT2D eigenvalue weighted by Gasteiger charge is -2.16. The van der Waals surface area contributed by atoms with Crippen molar-refractivity contribution in [2.24, 2.45) is 5.41 Å². The summed E-state index contributed by atoms with van der Waals surface area (Å²) in [5, 5.41) is 9.18. The van der Waals surface area contributed by atoms with Crippen molar-refractivity contribution >= 4 is 40.4 Å². The van der Waals surface area contributed by atoms with Crippen LogP contribution in [0.1, 0.15) is 12.8 Å². The summed E-state index contributed by atoms with van der Waals surface area (Å²) >= 11 is 5.74. The van der Waals surface area contributed by atoms with Crippen molar-refractivity contribution in [3.05, 3.63) is 77.6 Å². The van der Waals surface area contributed by atoms with Crippen molar-refractivity contribution in [3.8, 4) is 11.6 Å². The van der Waals surface area contributed by atoms with Crippen molar-refractivity contribution in [1.82, 2.24) is 14.6 Å². The van der Waals surface area contributed by atoms with Crippen LogP contribution in [0.4, 0.5) is 20.2 Å². The summed E-state index contributed by atoms with van der Waals surface area (Å²) in [6.07, 6.45) is 3.86. The van der Waals surface area contributed by atoms with E-state index in [2.05, 4.69) is 20.7 Å². The Morgan fingerprint density at radius 2 is 1.68 bits per heavy atom. The number of halogens is 3. The second kappa shape index (κ2) is 8.38. The molecule has 1 saturated carbocycles. The maximum absolute atomic E-state index is 14.6. The Kier molecular flexibility index (Phi) is 5.37. The van der Waals surface area contributed by atoms with E-state index < -0.39 is 28.9 Å². The maximum Gasteiger partial charge on any atom is 0.240 e. The van der Waals surface area contributed by atoms with Gasteiger partial charge in [-0.1, -0.05) is 11.6 Å². The molecule has 0 bridgehead atoms. The average molecular weight is 484 g/mol. The molecule has 1 aliphatic carbocycles. The highest BCUT2D eigenvalue weighted by atomic mass is 35.5. The van der Waals surface area contributed by atoms with E-state index in [1.807, 2.05) is 0 Å². The zero-order valence-corrected chi connectivity index (χ0v) is 18.1. The van der Waals surface area contributed by atoms with Crippen LogP contribution in [0.2, 0.25) is 5.02 Å². The van der Waals surface area contributed by atoms with Crippen LogP contribution < -0.4 is 15.4 Å². The van der Waals surface area contributed by atoms with E-state index in [4.69, 9.17) is 16.3 Å². The second-order valence-electron chi connectivity index (χ2n) is 7.77. The Bertz CT molecular complexity index is 1440. The number of hydrogen-bond acceptors (Lipinski definition) is 5. The summed E-state index contributed by atoms with van der Waals surface area (Å²) in [7, 11) is 0. The molecule has 1 fully saturated rings. The number of benzene rings is 2. The number of aromatic nitrogens is 3. The van der Waals surface area contributed by atoms with E-state index in [1.165, 1.54) is 28.8 Å². The number of ether oxygens (including phenoxy) is 1. The Morgan fingerprint density at radius 1 is 0.971 bits per heavy atom. The molecule has 0 atom stereocenters. The molecule has 0 spiro atoms. The molecule has 11 heteroatoms. The van der Waals surface area contributed by atoms with Crippen LogP contribution in [-0.2, 0) is 9.59 Å². The lowest BCUT2D eigenvalue weighted by Crippen LogP contribution is -2.35. The van der Waals surface area contributed by atoms with Gasteiger partial charge in [-0.05, 0) is 49.2 Å². The van der Waals surface area contributed by atoms with Crippen molar-refractivity contribution < 1.29 is 23.1 Å². The summed E-state index contributed by atoms with van der Waals surface area (Å²) in [6, 6.07) is 10.9. The van der Waals surface area contributed by atoms with Gasteiger partial charge in [-0.2, -0.15) is 0 Å². The van der Waals surface area contributed by atoms with Gasteiger partial charge in [-0.3, -0.25) is 9.59 Å². The van der Waals surface area contributed by atoms with E-state index >= 15 is 0 Å². The molecule has 2 amide bonds. The van der Waals surface area contributed by atoms with Gasteiger partial charge in [0.1, 0.15) is 11.2 Å². The van der Waals surface area contributed by atoms with E-state index in [0.717, 1.165) is 12.1 Å². The number of nitrogens with zero attached hydrogens (tertiary/aromatic N) is 3. The molecule has 0 unspecified atom stereocenters. The highest BCUT2D eigenvalue weighted by molar-refractivity contribution is 6.31. The van der Waals surface area contributed by atoms with Crippen LogP contribution in [-0.4, -0.2) is 26.4 Å². The molecule has 2 heterocycles. The van der Waals surface area contributed by atoms with Crippen molar-refractivity contribution in [1.29, 1.82) is 0 Å². The van der Waals surface area contributed by atoms with E-state index in [1.54, 1.807) is 24.5 Å². The third kappa shape index (κ3) is 4.15. The van der Waals surface area contributed by atoms with Gasteiger partial charge in [0, 0.05) is 35.9 Å². The van der Waals surface area contributed by atoms with Gasteiger partial charge >= 0.3 is 0 Å². The summed E-state index contributed by atoms with van der Waals surface area (Å²) in [5.74, 6) is -2.38. The first-order valence-corrected chi connectivity index (χ1v) is 10.6. The quantitative estimate of drug-likeness (QED) is 0.383. The molecule has 0 saturated heterocycles. The number of nitrogens with one attached hydrogen (secondary N) is 2. The van der Waals surface area contributed by atoms with Gasteiger partial charge in [-0.15, -0.1) is 5.10 Å². The summed E-state index contributed by atoms with van der Waals surface area (Å²) < 4.78 is 34.9. The van der Waals surface area contributed by atoms with Crippen molar-refractivity contribution in [2.45, 2.75) is 12.8 Å². The fourth-order valence-electron chi connectivity index (χ4n) is 3.38. The highest BCUT2D eigenvalue weighted by Gasteiger charge is 2.56. The predicted octanol–water partition coefficient (Wildman–Crippen LogP) is 4.81. The predicted molar refractivity (Wildman–Crippen MR) is 120 cm³/mol. The number of carbonyl (C=O) groups is 2. The number of imidazole rings is 1. The normalized spacial score (nSPS) is 14.0. The fourth-order valence-corrected chi connectivity index (χ4v) is 3.56. The highest BCUT2D eigenvalue weighted by Crippen LogP contribution is 2.47. The van der Waals surface area contributed by atoms with Crippen LogP contribution >= 0.6 is 11.6 Å². The zero-order valence-electron chi connectivity index (χ0n) is 17.4. The Balaban J connectivity index is 1.26. The van der Waals surface area contributed by atoms with Gasteiger partial charge < -0.3 is 15.4 Å². The SMILES string of the molecule is O=C(Nc1ccc(Oc2ccc3nccn3n2)c(F)c1)C1(C(=O)Nc2ccc(F)c(Cl)c2)CC1. The average Bonchev–Trinajstić information content (AvgIpc) is 3.50. The number of fused-ring (bicyclic) bond motifs is 1. The van der Waals surface area contributed by atoms with Gasteiger partial charge in [0.15, 0.2) is 17.2 Å². The zero-order chi connectivity index (χ0) is 23.9. The van der Waals surface area contributed by atoms with Crippen LogP contribution in [0.3, 0.4) is 0 Å². The largest absolute Gasteiger partial charge is 0.434 e. The van der Waals surface area contributed by atoms with Crippen molar-refractivity contribution in [3.63, 3.8) is 0 Å². The molecule has 2 N–H and O–H groups in total. The van der Waals surface area contributed by atoms with Gasteiger partial charge in [0.25, 0.3) is 0 Å². The minimum absolute atomic E-state index is 0.0861. The summed E-state index contributed by atoms with van der Waals surface area (Å²) in [4.78, 5) is 29.6. The minimum atomic E-state index is -1.29. The smallest absolute Gasteiger partial charge is 0.240 e. The van der Waals surface area contributed by atoms with Crippen LogP contribution in [0.15, 0.2) is 60.9 Å². The molecule has 2 aromatic heterocycles. The fraction of sp³-hybridized carbons (Fsp3) is 0.130. The third-order valence-electron chi connectivity index (χ3n) is 5.43. The number of anilines is 2. The standard InChI is InChI=1S/C23H16ClF2N5O3/c24-15-11-13(1-3-16(15)25)28-21(32)23(7-8-23)22(33)29-14-2-4-18(17(26)12-14)34-20-6-5-19-27-9-10-31(19)30-20/h1-6,9-12H,7-8H2,(H,28,32)(H,29,33). The van der Waals surface area contributed by atoms with Crippen LogP contribution in [0, 0.1) is 17.0 Å².